The van der Waals surface area contributed by atoms with Gasteiger partial charge in [0.05, 0.1) is 5.56 Å². The smallest absolute Gasteiger partial charge is 0.299 e. The summed E-state index contributed by atoms with van der Waals surface area (Å²) in [4.78, 5) is 11.7. The molecule has 0 saturated heterocycles. The number of Topliss-reactive ketones (excluding diaryl/α,β-unsaturated/α-hetero) is 1. The van der Waals surface area contributed by atoms with Gasteiger partial charge in [-0.2, -0.15) is 13.2 Å². The molecule has 0 aliphatic carbocycles. The summed E-state index contributed by atoms with van der Waals surface area (Å²) >= 11 is 0. The average Bonchev–Trinajstić information content (AvgIpc) is 2.25. The lowest BCUT2D eigenvalue weighted by Crippen LogP contribution is -2.11. The van der Waals surface area contributed by atoms with Crippen molar-refractivity contribution in [1.82, 2.24) is 0 Å². The van der Waals surface area contributed by atoms with Crippen LogP contribution in [0.4, 0.5) is 13.2 Å². The normalized spacial score (nSPS) is 12.5. The summed E-state index contributed by atoms with van der Waals surface area (Å²) in [6.45, 7) is 6.10. The highest BCUT2D eigenvalue weighted by Crippen LogP contribution is 2.29. The zero-order valence-electron chi connectivity index (χ0n) is 11.5. The molecule has 0 atom stereocenters. The molecular formula is C15H19F3O. The number of ketones is 1. The minimum atomic E-state index is -4.36. The Bertz CT molecular complexity index is 441. The van der Waals surface area contributed by atoms with Gasteiger partial charge in [0.15, 0.2) is 0 Å². The molecule has 19 heavy (non-hydrogen) atoms. The van der Waals surface area contributed by atoms with E-state index in [-0.39, 0.29) is 17.6 Å². The molecule has 0 aromatic heterocycles. The van der Waals surface area contributed by atoms with Gasteiger partial charge in [0.1, 0.15) is 5.78 Å². The fraction of sp³-hybridized carbons (Fsp3) is 0.533. The largest absolute Gasteiger partial charge is 0.416 e. The topological polar surface area (TPSA) is 17.1 Å². The Balaban J connectivity index is 2.65. The zero-order valence-corrected chi connectivity index (χ0v) is 11.5. The van der Waals surface area contributed by atoms with Gasteiger partial charge in [-0.25, -0.2) is 0 Å². The standard InChI is InChI=1S/C15H19F3O/c1-14(2,3)8-7-13(19)10-11-5-4-6-12(9-11)15(16,17)18/h4-6,9H,7-8,10H2,1-3H3. The summed E-state index contributed by atoms with van der Waals surface area (Å²) in [7, 11) is 0. The molecule has 1 nitrogen and oxygen atoms in total. The number of benzene rings is 1. The van der Waals surface area contributed by atoms with E-state index in [1.807, 2.05) is 20.8 Å². The Morgan fingerprint density at radius 3 is 2.32 bits per heavy atom. The fourth-order valence-corrected chi connectivity index (χ4v) is 1.69. The molecule has 0 aliphatic rings. The monoisotopic (exact) mass is 272 g/mol. The van der Waals surface area contributed by atoms with Gasteiger partial charge in [0.2, 0.25) is 0 Å². The van der Waals surface area contributed by atoms with Gasteiger partial charge in [-0.3, -0.25) is 4.79 Å². The van der Waals surface area contributed by atoms with E-state index in [9.17, 15) is 18.0 Å². The van der Waals surface area contributed by atoms with Gasteiger partial charge in [0, 0.05) is 12.8 Å². The number of rotatable bonds is 4. The van der Waals surface area contributed by atoms with Crippen LogP contribution in [-0.4, -0.2) is 5.78 Å². The number of alkyl halides is 3. The predicted octanol–water partition coefficient (Wildman–Crippen LogP) is 4.64. The van der Waals surface area contributed by atoms with Gasteiger partial charge in [-0.1, -0.05) is 39.0 Å². The first kappa shape index (κ1) is 15.7. The van der Waals surface area contributed by atoms with E-state index >= 15 is 0 Å². The van der Waals surface area contributed by atoms with Crippen molar-refractivity contribution in [2.75, 3.05) is 0 Å². The van der Waals surface area contributed by atoms with Crippen molar-refractivity contribution in [3.05, 3.63) is 35.4 Å². The van der Waals surface area contributed by atoms with E-state index in [0.717, 1.165) is 18.6 Å². The van der Waals surface area contributed by atoms with Crippen molar-refractivity contribution in [3.8, 4) is 0 Å². The third-order valence-corrected chi connectivity index (χ3v) is 2.81. The molecule has 0 aliphatic heterocycles. The molecular weight excluding hydrogens is 253 g/mol. The van der Waals surface area contributed by atoms with Crippen LogP contribution in [0.5, 0.6) is 0 Å². The molecule has 1 rings (SSSR count). The second-order valence-corrected chi connectivity index (χ2v) is 5.97. The van der Waals surface area contributed by atoms with Crippen LogP contribution >= 0.6 is 0 Å². The summed E-state index contributed by atoms with van der Waals surface area (Å²) in [5.41, 5.74) is -0.217. The quantitative estimate of drug-likeness (QED) is 0.780. The number of carbonyl (C=O) groups is 1. The van der Waals surface area contributed by atoms with Crippen molar-refractivity contribution in [2.24, 2.45) is 5.41 Å². The molecule has 106 valence electrons. The summed E-state index contributed by atoms with van der Waals surface area (Å²) in [6.07, 6.45) is -3.14. The summed E-state index contributed by atoms with van der Waals surface area (Å²) in [6, 6.07) is 4.97. The van der Waals surface area contributed by atoms with Crippen molar-refractivity contribution in [2.45, 2.75) is 46.2 Å². The van der Waals surface area contributed by atoms with Crippen molar-refractivity contribution >= 4 is 5.78 Å². The molecule has 1 aromatic carbocycles. The Morgan fingerprint density at radius 2 is 1.79 bits per heavy atom. The molecule has 0 amide bonds. The second kappa shape index (κ2) is 5.76. The Hall–Kier alpha value is -1.32. The van der Waals surface area contributed by atoms with Crippen LogP contribution in [-0.2, 0) is 17.4 Å². The second-order valence-electron chi connectivity index (χ2n) is 5.97. The maximum atomic E-state index is 12.5. The van der Waals surface area contributed by atoms with E-state index in [1.165, 1.54) is 6.07 Å². The highest BCUT2D eigenvalue weighted by Gasteiger charge is 2.30. The van der Waals surface area contributed by atoms with E-state index in [2.05, 4.69) is 0 Å². The van der Waals surface area contributed by atoms with Crippen LogP contribution < -0.4 is 0 Å². The number of carbonyl (C=O) groups excluding carboxylic acids is 1. The minimum Gasteiger partial charge on any atom is -0.299 e. The Kier molecular flexibility index (Phi) is 4.77. The lowest BCUT2D eigenvalue weighted by molar-refractivity contribution is -0.137. The highest BCUT2D eigenvalue weighted by molar-refractivity contribution is 5.80. The SMILES string of the molecule is CC(C)(C)CCC(=O)Cc1cccc(C(F)(F)F)c1. The van der Waals surface area contributed by atoms with Crippen LogP contribution in [0.15, 0.2) is 24.3 Å². The molecule has 0 saturated carbocycles. The summed E-state index contributed by atoms with van der Waals surface area (Å²) in [5, 5.41) is 0. The molecule has 0 bridgehead atoms. The first-order valence-electron chi connectivity index (χ1n) is 6.26. The molecule has 4 heteroatoms. The maximum Gasteiger partial charge on any atom is 0.416 e. The molecule has 0 radical (unpaired) electrons. The molecule has 0 fully saturated rings. The van der Waals surface area contributed by atoms with Gasteiger partial charge < -0.3 is 0 Å². The van der Waals surface area contributed by atoms with Gasteiger partial charge in [-0.05, 0) is 23.5 Å². The first-order chi connectivity index (χ1) is 8.58. The van der Waals surface area contributed by atoms with Gasteiger partial charge >= 0.3 is 6.18 Å². The van der Waals surface area contributed by atoms with E-state index < -0.39 is 11.7 Å². The lowest BCUT2D eigenvalue weighted by atomic mass is 9.88. The third kappa shape index (κ3) is 5.90. The molecule has 1 aromatic rings. The van der Waals surface area contributed by atoms with Gasteiger partial charge in [0.25, 0.3) is 0 Å². The molecule has 0 N–H and O–H groups in total. The Morgan fingerprint density at radius 1 is 1.16 bits per heavy atom. The maximum absolute atomic E-state index is 12.5. The summed E-state index contributed by atoms with van der Waals surface area (Å²) in [5.74, 6) is -0.0192. The molecule has 0 unspecified atom stereocenters. The number of halogens is 3. The van der Waals surface area contributed by atoms with Crippen molar-refractivity contribution in [1.29, 1.82) is 0 Å². The fourth-order valence-electron chi connectivity index (χ4n) is 1.69. The van der Waals surface area contributed by atoms with E-state index in [0.29, 0.717) is 12.0 Å². The predicted molar refractivity (Wildman–Crippen MR) is 68.8 cm³/mol. The first-order valence-corrected chi connectivity index (χ1v) is 6.26. The Labute approximate surface area is 111 Å². The van der Waals surface area contributed by atoms with Gasteiger partial charge in [-0.15, -0.1) is 0 Å². The number of hydrogen-bond acceptors (Lipinski definition) is 1. The molecule has 0 heterocycles. The van der Waals surface area contributed by atoms with Crippen LogP contribution in [0.25, 0.3) is 0 Å². The zero-order chi connectivity index (χ0) is 14.7. The summed E-state index contributed by atoms with van der Waals surface area (Å²) < 4.78 is 37.6. The van der Waals surface area contributed by atoms with Crippen LogP contribution in [0.1, 0.15) is 44.7 Å². The van der Waals surface area contributed by atoms with Crippen molar-refractivity contribution < 1.29 is 18.0 Å². The van der Waals surface area contributed by atoms with Crippen LogP contribution in [0.2, 0.25) is 0 Å². The average molecular weight is 272 g/mol. The highest BCUT2D eigenvalue weighted by atomic mass is 19.4. The van der Waals surface area contributed by atoms with E-state index in [4.69, 9.17) is 0 Å². The van der Waals surface area contributed by atoms with Crippen LogP contribution in [0, 0.1) is 5.41 Å². The lowest BCUT2D eigenvalue weighted by Gasteiger charge is -2.17. The van der Waals surface area contributed by atoms with Crippen molar-refractivity contribution in [3.63, 3.8) is 0 Å². The van der Waals surface area contributed by atoms with Crippen LogP contribution in [0.3, 0.4) is 0 Å². The molecule has 0 spiro atoms. The minimum absolute atomic E-state index is 0.0192. The number of hydrogen-bond donors (Lipinski definition) is 0. The van der Waals surface area contributed by atoms with E-state index in [1.54, 1.807) is 6.07 Å². The third-order valence-electron chi connectivity index (χ3n) is 2.81.